The summed E-state index contributed by atoms with van der Waals surface area (Å²) in [6, 6.07) is 10.2. The summed E-state index contributed by atoms with van der Waals surface area (Å²) in [5, 5.41) is 3.11. The minimum absolute atomic E-state index is 0.0525. The van der Waals surface area contributed by atoms with Crippen molar-refractivity contribution in [3.8, 4) is 0 Å². The molecule has 0 atom stereocenters. The van der Waals surface area contributed by atoms with Crippen LogP contribution in [-0.4, -0.2) is 24.7 Å². The maximum Gasteiger partial charge on any atom is 0.319 e. The first kappa shape index (κ1) is 14.7. The first-order valence-corrected chi connectivity index (χ1v) is 6.42. The number of rotatable bonds is 6. The van der Waals surface area contributed by atoms with E-state index in [0.717, 1.165) is 12.8 Å². The maximum atomic E-state index is 11.4. The van der Waals surface area contributed by atoms with Crippen LogP contribution < -0.4 is 5.32 Å². The Morgan fingerprint density at radius 1 is 1.22 bits per heavy atom. The highest BCUT2D eigenvalue weighted by Gasteiger charge is 2.11. The molecule has 1 rings (SSSR count). The molecule has 0 saturated heterocycles. The second-order valence-electron chi connectivity index (χ2n) is 5.41. The fourth-order valence-corrected chi connectivity index (χ4v) is 1.50. The van der Waals surface area contributed by atoms with Gasteiger partial charge in [-0.15, -0.1) is 0 Å². The molecule has 0 saturated carbocycles. The van der Waals surface area contributed by atoms with Crippen LogP contribution in [0.15, 0.2) is 30.3 Å². The Labute approximate surface area is 110 Å². The molecule has 0 unspecified atom stereocenters. The smallest absolute Gasteiger partial charge is 0.319 e. The average Bonchev–Trinajstić information content (AvgIpc) is 2.33. The number of hydrogen-bond donors (Lipinski definition) is 1. The predicted octanol–water partition coefficient (Wildman–Crippen LogP) is 2.55. The second kappa shape index (κ2) is 7.17. The Bertz CT molecular complexity index is 355. The van der Waals surface area contributed by atoms with Gasteiger partial charge in [-0.1, -0.05) is 30.3 Å². The molecule has 0 aliphatic rings. The summed E-state index contributed by atoms with van der Waals surface area (Å²) in [7, 11) is 0. The van der Waals surface area contributed by atoms with Crippen molar-refractivity contribution in [3.63, 3.8) is 0 Å². The molecule has 3 nitrogen and oxygen atoms in total. The van der Waals surface area contributed by atoms with Crippen molar-refractivity contribution in [2.24, 2.45) is 0 Å². The van der Waals surface area contributed by atoms with Gasteiger partial charge in [0.05, 0.1) is 13.2 Å². The molecule has 0 aromatic heterocycles. The number of nitrogens with one attached hydrogen (secondary N) is 1. The molecule has 0 fully saturated rings. The van der Waals surface area contributed by atoms with Crippen molar-refractivity contribution >= 4 is 5.97 Å². The number of aryl methyl sites for hydroxylation is 1. The first-order valence-electron chi connectivity index (χ1n) is 6.42. The van der Waals surface area contributed by atoms with Gasteiger partial charge in [0.25, 0.3) is 0 Å². The maximum absolute atomic E-state index is 11.4. The van der Waals surface area contributed by atoms with Gasteiger partial charge in [-0.2, -0.15) is 0 Å². The molecule has 0 spiro atoms. The summed E-state index contributed by atoms with van der Waals surface area (Å²) in [6.45, 7) is 6.83. The summed E-state index contributed by atoms with van der Waals surface area (Å²) < 4.78 is 5.16. The molecule has 3 heteroatoms. The zero-order chi connectivity index (χ0) is 13.4. The Kier molecular flexibility index (Phi) is 5.86. The standard InChI is InChI=1S/C15H23NO2/c1-15(2,3)16-12-14(17)18-11-7-10-13-8-5-4-6-9-13/h4-6,8-9,16H,7,10-12H2,1-3H3. The predicted molar refractivity (Wildman–Crippen MR) is 73.5 cm³/mol. The fraction of sp³-hybridized carbons (Fsp3) is 0.533. The van der Waals surface area contributed by atoms with Gasteiger partial charge in [0.1, 0.15) is 0 Å². The molecule has 0 amide bonds. The highest BCUT2D eigenvalue weighted by atomic mass is 16.5. The topological polar surface area (TPSA) is 38.3 Å². The summed E-state index contributed by atoms with van der Waals surface area (Å²) in [4.78, 5) is 11.4. The summed E-state index contributed by atoms with van der Waals surface area (Å²) in [6.07, 6.45) is 1.81. The number of carbonyl (C=O) groups is 1. The molecular weight excluding hydrogens is 226 g/mol. The van der Waals surface area contributed by atoms with Gasteiger partial charge in [-0.3, -0.25) is 4.79 Å². The number of benzene rings is 1. The van der Waals surface area contributed by atoms with Crippen molar-refractivity contribution in [1.82, 2.24) is 5.32 Å². The Hall–Kier alpha value is -1.35. The lowest BCUT2D eigenvalue weighted by atomic mass is 10.1. The van der Waals surface area contributed by atoms with E-state index in [-0.39, 0.29) is 18.1 Å². The second-order valence-corrected chi connectivity index (χ2v) is 5.41. The van der Waals surface area contributed by atoms with Crippen molar-refractivity contribution in [2.75, 3.05) is 13.2 Å². The molecular formula is C15H23NO2. The Balaban J connectivity index is 2.09. The summed E-state index contributed by atoms with van der Waals surface area (Å²) in [5.74, 6) is -0.182. The van der Waals surface area contributed by atoms with Crippen LogP contribution >= 0.6 is 0 Å². The van der Waals surface area contributed by atoms with Crippen molar-refractivity contribution in [3.05, 3.63) is 35.9 Å². The van der Waals surface area contributed by atoms with Gasteiger partial charge in [0.2, 0.25) is 0 Å². The van der Waals surface area contributed by atoms with Crippen LogP contribution in [0.2, 0.25) is 0 Å². The van der Waals surface area contributed by atoms with Crippen LogP contribution in [0.25, 0.3) is 0 Å². The van der Waals surface area contributed by atoms with Crippen LogP contribution in [-0.2, 0) is 16.0 Å². The van der Waals surface area contributed by atoms with Crippen LogP contribution in [0.3, 0.4) is 0 Å². The van der Waals surface area contributed by atoms with Gasteiger partial charge in [-0.05, 0) is 39.2 Å². The van der Waals surface area contributed by atoms with Crippen LogP contribution in [0.1, 0.15) is 32.8 Å². The normalized spacial score (nSPS) is 11.3. The molecule has 0 radical (unpaired) electrons. The summed E-state index contributed by atoms with van der Waals surface area (Å²) in [5.41, 5.74) is 1.23. The molecule has 1 aromatic carbocycles. The van der Waals surface area contributed by atoms with Gasteiger partial charge in [-0.25, -0.2) is 0 Å². The molecule has 100 valence electrons. The number of ether oxygens (including phenoxy) is 1. The molecule has 18 heavy (non-hydrogen) atoms. The van der Waals surface area contributed by atoms with E-state index in [2.05, 4.69) is 17.4 Å². The highest BCUT2D eigenvalue weighted by Crippen LogP contribution is 2.02. The van der Waals surface area contributed by atoms with E-state index in [4.69, 9.17) is 4.74 Å². The van der Waals surface area contributed by atoms with E-state index in [9.17, 15) is 4.79 Å². The van der Waals surface area contributed by atoms with E-state index >= 15 is 0 Å². The Morgan fingerprint density at radius 3 is 2.50 bits per heavy atom. The van der Waals surface area contributed by atoms with Crippen molar-refractivity contribution in [2.45, 2.75) is 39.2 Å². The summed E-state index contributed by atoms with van der Waals surface area (Å²) >= 11 is 0. The lowest BCUT2D eigenvalue weighted by Gasteiger charge is -2.19. The first-order chi connectivity index (χ1) is 8.47. The van der Waals surface area contributed by atoms with Crippen LogP contribution in [0.5, 0.6) is 0 Å². The largest absolute Gasteiger partial charge is 0.465 e. The van der Waals surface area contributed by atoms with Gasteiger partial charge in [0, 0.05) is 5.54 Å². The van der Waals surface area contributed by atoms with Crippen LogP contribution in [0.4, 0.5) is 0 Å². The lowest BCUT2D eigenvalue weighted by molar-refractivity contribution is -0.142. The van der Waals surface area contributed by atoms with Crippen molar-refractivity contribution in [1.29, 1.82) is 0 Å². The molecule has 0 aliphatic carbocycles. The van der Waals surface area contributed by atoms with Gasteiger partial charge >= 0.3 is 5.97 Å². The average molecular weight is 249 g/mol. The SMILES string of the molecule is CC(C)(C)NCC(=O)OCCCc1ccccc1. The molecule has 0 bridgehead atoms. The van der Waals surface area contributed by atoms with E-state index in [1.165, 1.54) is 5.56 Å². The zero-order valence-electron chi connectivity index (χ0n) is 11.5. The third-order valence-corrected chi connectivity index (χ3v) is 2.48. The monoisotopic (exact) mass is 249 g/mol. The van der Waals surface area contributed by atoms with Gasteiger partial charge in [0.15, 0.2) is 0 Å². The van der Waals surface area contributed by atoms with E-state index in [1.54, 1.807) is 0 Å². The minimum atomic E-state index is -0.182. The van der Waals surface area contributed by atoms with Gasteiger partial charge < -0.3 is 10.1 Å². The Morgan fingerprint density at radius 2 is 1.89 bits per heavy atom. The third kappa shape index (κ3) is 7.07. The quantitative estimate of drug-likeness (QED) is 0.622. The minimum Gasteiger partial charge on any atom is -0.465 e. The number of carbonyl (C=O) groups excluding carboxylic acids is 1. The lowest BCUT2D eigenvalue weighted by Crippen LogP contribution is -2.40. The molecule has 0 heterocycles. The van der Waals surface area contributed by atoms with E-state index in [0.29, 0.717) is 6.61 Å². The van der Waals surface area contributed by atoms with E-state index in [1.807, 2.05) is 39.0 Å². The number of esters is 1. The molecule has 0 aliphatic heterocycles. The van der Waals surface area contributed by atoms with Crippen molar-refractivity contribution < 1.29 is 9.53 Å². The fourth-order valence-electron chi connectivity index (χ4n) is 1.50. The zero-order valence-corrected chi connectivity index (χ0v) is 11.5. The van der Waals surface area contributed by atoms with E-state index < -0.39 is 0 Å². The van der Waals surface area contributed by atoms with Crippen LogP contribution in [0, 0.1) is 0 Å². The highest BCUT2D eigenvalue weighted by molar-refractivity contribution is 5.71. The molecule has 1 aromatic rings. The number of hydrogen-bond acceptors (Lipinski definition) is 3. The third-order valence-electron chi connectivity index (χ3n) is 2.48. The molecule has 1 N–H and O–H groups in total.